The second-order valence-electron chi connectivity index (χ2n) is 4.64. The Balaban J connectivity index is 1.94. The van der Waals surface area contributed by atoms with Crippen LogP contribution in [0.1, 0.15) is 18.9 Å². The summed E-state index contributed by atoms with van der Waals surface area (Å²) >= 11 is 0. The molecule has 0 spiro atoms. The Morgan fingerprint density at radius 2 is 2.11 bits per heavy atom. The summed E-state index contributed by atoms with van der Waals surface area (Å²) in [5.41, 5.74) is 8.66. The lowest BCUT2D eigenvalue weighted by Gasteiger charge is -2.14. The van der Waals surface area contributed by atoms with E-state index in [4.69, 9.17) is 5.73 Å². The number of allylic oxidation sites excluding steroid dienone is 3. The molecule has 1 aromatic rings. The minimum absolute atomic E-state index is 0.0430. The molecule has 94 valence electrons. The summed E-state index contributed by atoms with van der Waals surface area (Å²) in [6.07, 6.45) is 8.20. The van der Waals surface area contributed by atoms with E-state index in [2.05, 4.69) is 29.6 Å². The van der Waals surface area contributed by atoms with Gasteiger partial charge >= 0.3 is 0 Å². The van der Waals surface area contributed by atoms with Gasteiger partial charge in [-0.05, 0) is 42.5 Å². The summed E-state index contributed by atoms with van der Waals surface area (Å²) < 4.78 is 0. The molecule has 18 heavy (non-hydrogen) atoms. The predicted molar refractivity (Wildman–Crippen MR) is 74.0 cm³/mol. The van der Waals surface area contributed by atoms with Crippen molar-refractivity contribution in [3.63, 3.8) is 0 Å². The minimum atomic E-state index is -0.0430. The van der Waals surface area contributed by atoms with Crippen LogP contribution in [0.3, 0.4) is 0 Å². The zero-order valence-corrected chi connectivity index (χ0v) is 10.5. The molecule has 0 aliphatic heterocycles. The highest BCUT2D eigenvalue weighted by Gasteiger charge is 2.08. The Kier molecular flexibility index (Phi) is 3.82. The maximum absolute atomic E-state index is 10.9. The number of carbonyl (C=O) groups excluding carboxylic acids is 1. The monoisotopic (exact) mass is 242 g/mol. The van der Waals surface area contributed by atoms with Gasteiger partial charge < -0.3 is 11.1 Å². The topological polar surface area (TPSA) is 55.1 Å². The van der Waals surface area contributed by atoms with Crippen molar-refractivity contribution in [1.82, 2.24) is 0 Å². The predicted octanol–water partition coefficient (Wildman–Crippen LogP) is 2.61. The fraction of sp³-hybridized carbons (Fsp3) is 0.267. The molecule has 1 aliphatic rings. The van der Waals surface area contributed by atoms with E-state index < -0.39 is 0 Å². The molecular weight excluding hydrogens is 224 g/mol. The summed E-state index contributed by atoms with van der Waals surface area (Å²) in [5, 5.41) is 2.76. The van der Waals surface area contributed by atoms with Gasteiger partial charge in [0.1, 0.15) is 0 Å². The Labute approximate surface area is 107 Å². The summed E-state index contributed by atoms with van der Waals surface area (Å²) in [6, 6.07) is 7.99. The summed E-state index contributed by atoms with van der Waals surface area (Å²) in [4.78, 5) is 10.9. The van der Waals surface area contributed by atoms with Gasteiger partial charge in [-0.1, -0.05) is 24.3 Å². The third-order valence-corrected chi connectivity index (χ3v) is 2.99. The lowest BCUT2D eigenvalue weighted by Crippen LogP contribution is -2.08. The van der Waals surface area contributed by atoms with Gasteiger partial charge in [0, 0.05) is 18.3 Å². The first-order chi connectivity index (χ1) is 8.63. The fourth-order valence-electron chi connectivity index (χ4n) is 2.06. The number of hydrogen-bond donors (Lipinski definition) is 2. The Morgan fingerprint density at radius 3 is 2.67 bits per heavy atom. The lowest BCUT2D eigenvalue weighted by atomic mass is 9.92. The largest absolute Gasteiger partial charge is 0.399 e. The van der Waals surface area contributed by atoms with E-state index in [1.807, 2.05) is 18.2 Å². The quantitative estimate of drug-likeness (QED) is 0.856. The summed E-state index contributed by atoms with van der Waals surface area (Å²) in [5.74, 6) is 0.475. The van der Waals surface area contributed by atoms with Gasteiger partial charge in [0.15, 0.2) is 0 Å². The molecule has 0 saturated heterocycles. The van der Waals surface area contributed by atoms with Crippen LogP contribution in [0.25, 0.3) is 0 Å². The van der Waals surface area contributed by atoms with Crippen molar-refractivity contribution in [3.05, 3.63) is 53.8 Å². The second kappa shape index (κ2) is 5.54. The molecule has 0 fully saturated rings. The van der Waals surface area contributed by atoms with E-state index in [0.717, 1.165) is 24.2 Å². The highest BCUT2D eigenvalue weighted by molar-refractivity contribution is 5.88. The molecule has 0 bridgehead atoms. The number of amides is 1. The van der Waals surface area contributed by atoms with Crippen LogP contribution in [-0.4, -0.2) is 5.91 Å². The average molecular weight is 242 g/mol. The number of anilines is 1. The Morgan fingerprint density at radius 1 is 1.39 bits per heavy atom. The second-order valence-corrected chi connectivity index (χ2v) is 4.64. The van der Waals surface area contributed by atoms with Crippen molar-refractivity contribution in [2.75, 3.05) is 5.32 Å². The number of carbonyl (C=O) groups is 1. The number of rotatable bonds is 3. The summed E-state index contributed by atoms with van der Waals surface area (Å²) in [7, 11) is 0. The van der Waals surface area contributed by atoms with Gasteiger partial charge in [0.2, 0.25) is 5.91 Å². The van der Waals surface area contributed by atoms with E-state index in [-0.39, 0.29) is 5.91 Å². The maximum Gasteiger partial charge on any atom is 0.221 e. The van der Waals surface area contributed by atoms with Crippen molar-refractivity contribution in [1.29, 1.82) is 0 Å². The molecule has 0 saturated carbocycles. The number of nitrogens with one attached hydrogen (secondary N) is 1. The van der Waals surface area contributed by atoms with Crippen LogP contribution >= 0.6 is 0 Å². The molecule has 0 radical (unpaired) electrons. The first-order valence-electron chi connectivity index (χ1n) is 6.14. The standard InChI is InChI=1S/C15H18N2O/c1-11(18)17-15-8-4-13(5-9-15)10-12-2-6-14(16)7-3-12/h2,4-9,12H,3,10,16H2,1H3,(H,17,18)/t12-/m0/s1. The van der Waals surface area contributed by atoms with Crippen molar-refractivity contribution in [2.45, 2.75) is 19.8 Å². The number of benzene rings is 1. The van der Waals surface area contributed by atoms with Gasteiger partial charge in [0.05, 0.1) is 0 Å². The van der Waals surface area contributed by atoms with Crippen LogP contribution in [-0.2, 0) is 11.2 Å². The Bertz CT molecular complexity index is 486. The van der Waals surface area contributed by atoms with E-state index in [9.17, 15) is 4.79 Å². The van der Waals surface area contributed by atoms with E-state index in [0.29, 0.717) is 5.92 Å². The first-order valence-corrected chi connectivity index (χ1v) is 6.14. The molecule has 1 atom stereocenters. The third kappa shape index (κ3) is 3.48. The normalized spacial score (nSPS) is 18.3. The Hall–Kier alpha value is -2.03. The van der Waals surface area contributed by atoms with E-state index in [1.165, 1.54) is 12.5 Å². The van der Waals surface area contributed by atoms with E-state index >= 15 is 0 Å². The lowest BCUT2D eigenvalue weighted by molar-refractivity contribution is -0.114. The van der Waals surface area contributed by atoms with Crippen molar-refractivity contribution in [2.24, 2.45) is 11.7 Å². The van der Waals surface area contributed by atoms with Crippen molar-refractivity contribution >= 4 is 11.6 Å². The van der Waals surface area contributed by atoms with Crippen LogP contribution in [0.4, 0.5) is 5.69 Å². The zero-order valence-electron chi connectivity index (χ0n) is 10.5. The van der Waals surface area contributed by atoms with Gasteiger partial charge in [-0.15, -0.1) is 0 Å². The van der Waals surface area contributed by atoms with Gasteiger partial charge in [-0.3, -0.25) is 4.79 Å². The highest BCUT2D eigenvalue weighted by atomic mass is 16.1. The summed E-state index contributed by atoms with van der Waals surface area (Å²) in [6.45, 7) is 1.51. The third-order valence-electron chi connectivity index (χ3n) is 2.99. The first kappa shape index (κ1) is 12.4. The minimum Gasteiger partial charge on any atom is -0.399 e. The molecular formula is C15H18N2O. The van der Waals surface area contributed by atoms with Crippen LogP contribution in [0, 0.1) is 5.92 Å². The van der Waals surface area contributed by atoms with E-state index in [1.54, 1.807) is 0 Å². The van der Waals surface area contributed by atoms with Crippen LogP contribution < -0.4 is 11.1 Å². The van der Waals surface area contributed by atoms with Crippen LogP contribution in [0.15, 0.2) is 48.2 Å². The fourth-order valence-corrected chi connectivity index (χ4v) is 2.06. The van der Waals surface area contributed by atoms with Crippen LogP contribution in [0.5, 0.6) is 0 Å². The molecule has 2 rings (SSSR count). The van der Waals surface area contributed by atoms with Crippen molar-refractivity contribution < 1.29 is 4.79 Å². The molecule has 1 aromatic carbocycles. The molecule has 1 amide bonds. The molecule has 0 aromatic heterocycles. The average Bonchev–Trinajstić information content (AvgIpc) is 2.34. The zero-order chi connectivity index (χ0) is 13.0. The highest BCUT2D eigenvalue weighted by Crippen LogP contribution is 2.20. The molecule has 3 nitrogen and oxygen atoms in total. The molecule has 0 heterocycles. The van der Waals surface area contributed by atoms with Gasteiger partial charge in [-0.2, -0.15) is 0 Å². The number of nitrogens with two attached hydrogens (primary N) is 1. The molecule has 0 unspecified atom stereocenters. The maximum atomic E-state index is 10.9. The molecule has 3 N–H and O–H groups in total. The molecule has 3 heteroatoms. The van der Waals surface area contributed by atoms with Crippen molar-refractivity contribution in [3.8, 4) is 0 Å². The SMILES string of the molecule is CC(=O)Nc1ccc(C[C@H]2C=CC(N)=CC2)cc1. The molecule has 1 aliphatic carbocycles. The smallest absolute Gasteiger partial charge is 0.221 e. The van der Waals surface area contributed by atoms with Gasteiger partial charge in [-0.25, -0.2) is 0 Å². The van der Waals surface area contributed by atoms with Crippen LogP contribution in [0.2, 0.25) is 0 Å². The van der Waals surface area contributed by atoms with Gasteiger partial charge in [0.25, 0.3) is 0 Å². The number of hydrogen-bond acceptors (Lipinski definition) is 2.